The minimum absolute atomic E-state index is 0.114. The molecule has 34 heavy (non-hydrogen) atoms. The smallest absolute Gasteiger partial charge is 0.264 e. The lowest BCUT2D eigenvalue weighted by molar-refractivity contribution is -0.120. The molecule has 1 N–H and O–H groups in total. The lowest BCUT2D eigenvalue weighted by Gasteiger charge is -2.27. The van der Waals surface area contributed by atoms with Crippen LogP contribution in [-0.4, -0.2) is 20.9 Å². The molecule has 0 bridgehead atoms. The van der Waals surface area contributed by atoms with Crippen molar-refractivity contribution in [2.24, 2.45) is 0 Å². The van der Waals surface area contributed by atoms with Gasteiger partial charge < -0.3 is 5.32 Å². The van der Waals surface area contributed by atoms with Crippen LogP contribution in [0.25, 0.3) is 0 Å². The topological polar surface area (TPSA) is 66.5 Å². The fraction of sp³-hybridized carbons (Fsp3) is 0.296. The monoisotopic (exact) mass is 498 g/mol. The number of amides is 1. The van der Waals surface area contributed by atoms with Gasteiger partial charge in [-0.25, -0.2) is 8.42 Å². The normalized spacial score (nSPS) is 12.3. The number of nitrogens with zero attached hydrogens (tertiary/aromatic N) is 1. The van der Waals surface area contributed by atoms with Crippen LogP contribution in [0.15, 0.2) is 59.5 Å². The Morgan fingerprint density at radius 1 is 0.882 bits per heavy atom. The fourth-order valence-electron chi connectivity index (χ4n) is 3.93. The van der Waals surface area contributed by atoms with Crippen LogP contribution < -0.4 is 9.62 Å². The SMILES string of the molecule is Cc1ccc(S(=O)(=O)N(CC(=O)N[C@H](C)c2cc(C)c(C)cc2C)c2cc(Cl)ccc2C)cc1. The third-order valence-electron chi connectivity index (χ3n) is 6.06. The van der Waals surface area contributed by atoms with E-state index >= 15 is 0 Å². The van der Waals surface area contributed by atoms with Crippen molar-refractivity contribution >= 4 is 33.2 Å². The third-order valence-corrected chi connectivity index (χ3v) is 8.07. The van der Waals surface area contributed by atoms with E-state index in [1.54, 1.807) is 49.4 Å². The molecule has 5 nitrogen and oxygen atoms in total. The standard InChI is InChI=1S/C27H31ClN2O3S/c1-17-7-11-24(12-8-17)34(32,33)30(26-15-23(28)10-9-18(26)2)16-27(31)29-22(6)25-14-20(4)19(3)13-21(25)5/h7-15,22H,16H2,1-6H3,(H,29,31)/t22-/m1/s1. The molecule has 3 aromatic rings. The van der Waals surface area contributed by atoms with E-state index in [9.17, 15) is 13.2 Å². The Kier molecular flexibility index (Phi) is 7.74. The predicted molar refractivity (Wildman–Crippen MR) is 139 cm³/mol. The number of rotatable bonds is 7. The lowest BCUT2D eigenvalue weighted by Crippen LogP contribution is -2.42. The van der Waals surface area contributed by atoms with Crippen molar-refractivity contribution in [2.45, 2.75) is 52.5 Å². The third kappa shape index (κ3) is 5.62. The summed E-state index contributed by atoms with van der Waals surface area (Å²) in [7, 11) is -4.01. The molecular weight excluding hydrogens is 468 g/mol. The van der Waals surface area contributed by atoms with Gasteiger partial charge in [0, 0.05) is 5.02 Å². The Labute approximate surface area is 207 Å². The molecule has 0 unspecified atom stereocenters. The van der Waals surface area contributed by atoms with Gasteiger partial charge in [-0.05, 0) is 93.6 Å². The second kappa shape index (κ2) is 10.2. The molecule has 0 saturated heterocycles. The maximum atomic E-state index is 13.6. The highest BCUT2D eigenvalue weighted by Crippen LogP contribution is 2.30. The van der Waals surface area contributed by atoms with Crippen LogP contribution >= 0.6 is 11.6 Å². The summed E-state index contributed by atoms with van der Waals surface area (Å²) in [4.78, 5) is 13.3. The lowest BCUT2D eigenvalue weighted by atomic mass is 9.96. The molecule has 3 rings (SSSR count). The average Bonchev–Trinajstić information content (AvgIpc) is 2.76. The molecule has 0 aliphatic carbocycles. The number of sulfonamides is 1. The minimum atomic E-state index is -4.01. The van der Waals surface area contributed by atoms with E-state index in [0.717, 1.165) is 26.6 Å². The Morgan fingerprint density at radius 2 is 1.50 bits per heavy atom. The summed E-state index contributed by atoms with van der Waals surface area (Å²) in [5.41, 5.74) is 6.42. The van der Waals surface area contributed by atoms with Crippen molar-refractivity contribution in [1.29, 1.82) is 0 Å². The zero-order chi connectivity index (χ0) is 25.2. The largest absolute Gasteiger partial charge is 0.348 e. The number of carbonyl (C=O) groups excluding carboxylic acids is 1. The molecule has 0 saturated carbocycles. The van der Waals surface area contributed by atoms with Crippen LogP contribution in [0.3, 0.4) is 0 Å². The first-order valence-electron chi connectivity index (χ1n) is 11.1. The van der Waals surface area contributed by atoms with Crippen LogP contribution in [0.5, 0.6) is 0 Å². The van der Waals surface area contributed by atoms with Crippen LogP contribution in [0.4, 0.5) is 5.69 Å². The van der Waals surface area contributed by atoms with Crippen molar-refractivity contribution < 1.29 is 13.2 Å². The number of hydrogen-bond acceptors (Lipinski definition) is 3. The van der Waals surface area contributed by atoms with Gasteiger partial charge in [-0.2, -0.15) is 0 Å². The van der Waals surface area contributed by atoms with E-state index in [1.165, 1.54) is 5.56 Å². The maximum Gasteiger partial charge on any atom is 0.264 e. The van der Waals surface area contributed by atoms with E-state index in [1.807, 2.05) is 27.7 Å². The molecule has 7 heteroatoms. The minimum Gasteiger partial charge on any atom is -0.348 e. The Bertz CT molecular complexity index is 1320. The number of benzene rings is 3. The highest BCUT2D eigenvalue weighted by molar-refractivity contribution is 7.92. The van der Waals surface area contributed by atoms with Crippen LogP contribution in [0.1, 0.15) is 46.3 Å². The fourth-order valence-corrected chi connectivity index (χ4v) is 5.58. The van der Waals surface area contributed by atoms with Gasteiger partial charge in [0.2, 0.25) is 5.91 Å². The van der Waals surface area contributed by atoms with E-state index < -0.39 is 15.9 Å². The van der Waals surface area contributed by atoms with Crippen molar-refractivity contribution in [3.63, 3.8) is 0 Å². The summed E-state index contributed by atoms with van der Waals surface area (Å²) in [6.45, 7) is 11.3. The predicted octanol–water partition coefficient (Wildman–Crippen LogP) is 5.95. The molecule has 0 aliphatic rings. The van der Waals surface area contributed by atoms with Gasteiger partial charge in [-0.3, -0.25) is 9.10 Å². The summed E-state index contributed by atoms with van der Waals surface area (Å²) in [5, 5.41) is 3.37. The second-order valence-electron chi connectivity index (χ2n) is 8.84. The van der Waals surface area contributed by atoms with Crippen molar-refractivity contribution in [2.75, 3.05) is 10.8 Å². The molecule has 180 valence electrons. The van der Waals surface area contributed by atoms with Gasteiger partial charge in [0.25, 0.3) is 10.0 Å². The number of carbonyl (C=O) groups is 1. The average molecular weight is 499 g/mol. The molecular formula is C27H31ClN2O3S. The molecule has 0 heterocycles. The van der Waals surface area contributed by atoms with Crippen LogP contribution in [-0.2, 0) is 14.8 Å². The molecule has 0 fully saturated rings. The first-order chi connectivity index (χ1) is 15.9. The summed E-state index contributed by atoms with van der Waals surface area (Å²) in [6, 6.07) is 15.5. The highest BCUT2D eigenvalue weighted by Gasteiger charge is 2.29. The van der Waals surface area contributed by atoms with Crippen molar-refractivity contribution in [3.05, 3.63) is 93.0 Å². The van der Waals surface area contributed by atoms with Crippen LogP contribution in [0, 0.1) is 34.6 Å². The molecule has 1 amide bonds. The first-order valence-corrected chi connectivity index (χ1v) is 12.9. The number of nitrogens with one attached hydrogen (secondary N) is 1. The molecule has 3 aromatic carbocycles. The molecule has 0 spiro atoms. The Morgan fingerprint density at radius 3 is 2.15 bits per heavy atom. The molecule has 1 atom stereocenters. The summed E-state index contributed by atoms with van der Waals surface area (Å²) < 4.78 is 28.4. The quantitative estimate of drug-likeness (QED) is 0.437. The number of hydrogen-bond donors (Lipinski definition) is 1. The zero-order valence-corrected chi connectivity index (χ0v) is 22.0. The van der Waals surface area contributed by atoms with Gasteiger partial charge in [0.1, 0.15) is 6.54 Å². The molecule has 0 radical (unpaired) electrons. The number of aryl methyl sites for hydroxylation is 5. The molecule has 0 aromatic heterocycles. The first kappa shape index (κ1) is 25.8. The van der Waals surface area contributed by atoms with E-state index in [2.05, 4.69) is 24.4 Å². The maximum absolute atomic E-state index is 13.6. The van der Waals surface area contributed by atoms with Gasteiger partial charge in [-0.15, -0.1) is 0 Å². The summed E-state index contributed by atoms with van der Waals surface area (Å²) in [5.74, 6) is -0.403. The molecule has 0 aliphatic heterocycles. The Hall–Kier alpha value is -2.83. The van der Waals surface area contributed by atoms with Gasteiger partial charge in [-0.1, -0.05) is 47.5 Å². The number of halogens is 1. The zero-order valence-electron chi connectivity index (χ0n) is 20.4. The summed E-state index contributed by atoms with van der Waals surface area (Å²) >= 11 is 6.20. The van der Waals surface area contributed by atoms with E-state index in [0.29, 0.717) is 16.3 Å². The van der Waals surface area contributed by atoms with E-state index in [4.69, 9.17) is 11.6 Å². The van der Waals surface area contributed by atoms with Gasteiger partial charge >= 0.3 is 0 Å². The van der Waals surface area contributed by atoms with Crippen molar-refractivity contribution in [1.82, 2.24) is 5.32 Å². The van der Waals surface area contributed by atoms with E-state index in [-0.39, 0.29) is 17.5 Å². The number of anilines is 1. The highest BCUT2D eigenvalue weighted by atomic mass is 35.5. The summed E-state index contributed by atoms with van der Waals surface area (Å²) in [6.07, 6.45) is 0. The van der Waals surface area contributed by atoms with Gasteiger partial charge in [0.15, 0.2) is 0 Å². The second-order valence-corrected chi connectivity index (χ2v) is 11.1. The van der Waals surface area contributed by atoms with Crippen LogP contribution in [0.2, 0.25) is 5.02 Å². The van der Waals surface area contributed by atoms with Gasteiger partial charge in [0.05, 0.1) is 16.6 Å². The van der Waals surface area contributed by atoms with Crippen molar-refractivity contribution in [3.8, 4) is 0 Å². The Balaban J connectivity index is 1.96.